The second-order valence-corrected chi connectivity index (χ2v) is 9.21. The maximum absolute atomic E-state index is 13.2. The molecule has 0 saturated carbocycles. The first-order valence-corrected chi connectivity index (χ1v) is 12.0. The number of Topliss-reactive ketones (excluding diaryl/α,β-unsaturated/α-hetero) is 1. The molecule has 1 saturated heterocycles. The summed E-state index contributed by atoms with van der Waals surface area (Å²) in [6, 6.07) is 16.7. The number of aliphatic hydroxyl groups is 1. The number of nitrogens with zero attached hydrogens (tertiary/aromatic N) is 2. The lowest BCUT2D eigenvalue weighted by Gasteiger charge is -2.25. The number of aliphatic hydroxyl groups excluding tert-OH is 1. The van der Waals surface area contributed by atoms with Crippen LogP contribution in [0.25, 0.3) is 5.76 Å². The van der Waals surface area contributed by atoms with E-state index in [-0.39, 0.29) is 23.6 Å². The Balaban J connectivity index is 1.78. The van der Waals surface area contributed by atoms with Gasteiger partial charge in [-0.3, -0.25) is 19.7 Å². The van der Waals surface area contributed by atoms with Gasteiger partial charge in [0.15, 0.2) is 11.5 Å². The third-order valence-corrected chi connectivity index (χ3v) is 6.67. The van der Waals surface area contributed by atoms with Crippen LogP contribution in [0.1, 0.15) is 22.7 Å². The summed E-state index contributed by atoms with van der Waals surface area (Å²) in [6.45, 7) is 0.116. The maximum atomic E-state index is 13.2. The van der Waals surface area contributed by atoms with Gasteiger partial charge in [-0.1, -0.05) is 46.3 Å². The molecule has 4 rings (SSSR count). The summed E-state index contributed by atoms with van der Waals surface area (Å²) in [4.78, 5) is 38.6. The van der Waals surface area contributed by atoms with Gasteiger partial charge in [0.2, 0.25) is 0 Å². The molecule has 190 valence electrons. The van der Waals surface area contributed by atoms with Crippen molar-refractivity contribution >= 4 is 39.1 Å². The zero-order chi connectivity index (χ0) is 26.7. The fourth-order valence-corrected chi connectivity index (χ4v) is 4.58. The molecule has 0 aromatic heterocycles. The van der Waals surface area contributed by atoms with Gasteiger partial charge in [-0.15, -0.1) is 0 Å². The molecule has 9 nitrogen and oxygen atoms in total. The van der Waals surface area contributed by atoms with E-state index in [0.29, 0.717) is 29.0 Å². The van der Waals surface area contributed by atoms with Gasteiger partial charge in [-0.05, 0) is 41.8 Å². The lowest BCUT2D eigenvalue weighted by Crippen LogP contribution is -2.31. The van der Waals surface area contributed by atoms with Crippen LogP contribution in [0.4, 0.5) is 5.69 Å². The third kappa shape index (κ3) is 5.19. The van der Waals surface area contributed by atoms with Gasteiger partial charge in [0.25, 0.3) is 17.4 Å². The van der Waals surface area contributed by atoms with Crippen molar-refractivity contribution in [3.8, 4) is 11.5 Å². The summed E-state index contributed by atoms with van der Waals surface area (Å²) in [6.07, 6.45) is 0.358. The molecule has 0 bridgehead atoms. The first kappa shape index (κ1) is 25.9. The summed E-state index contributed by atoms with van der Waals surface area (Å²) in [5.41, 5.74) is 1.20. The molecule has 3 aromatic carbocycles. The van der Waals surface area contributed by atoms with E-state index in [2.05, 4.69) is 15.9 Å². The first-order valence-electron chi connectivity index (χ1n) is 11.2. The van der Waals surface area contributed by atoms with Crippen LogP contribution in [0.2, 0.25) is 0 Å². The van der Waals surface area contributed by atoms with Crippen molar-refractivity contribution in [3.63, 3.8) is 0 Å². The predicted molar refractivity (Wildman–Crippen MR) is 139 cm³/mol. The van der Waals surface area contributed by atoms with Crippen LogP contribution in [0.5, 0.6) is 11.5 Å². The fraction of sp³-hybridized carbons (Fsp3) is 0.185. The smallest absolute Gasteiger partial charge is 0.295 e. The van der Waals surface area contributed by atoms with Gasteiger partial charge in [0.05, 0.1) is 30.8 Å². The van der Waals surface area contributed by atoms with Gasteiger partial charge in [0, 0.05) is 28.7 Å². The van der Waals surface area contributed by atoms with Gasteiger partial charge >= 0.3 is 0 Å². The summed E-state index contributed by atoms with van der Waals surface area (Å²) >= 11 is 3.33. The van der Waals surface area contributed by atoms with Gasteiger partial charge in [-0.2, -0.15) is 0 Å². The Hall–Kier alpha value is -4.18. The van der Waals surface area contributed by atoms with Crippen molar-refractivity contribution in [3.05, 3.63) is 104 Å². The van der Waals surface area contributed by atoms with E-state index < -0.39 is 22.7 Å². The molecule has 1 fully saturated rings. The number of benzene rings is 3. The molecular formula is C27H23BrN2O7. The number of likely N-dealkylation sites (tertiary alicyclic amines) is 1. The second kappa shape index (κ2) is 10.8. The predicted octanol–water partition coefficient (Wildman–Crippen LogP) is 5.04. The van der Waals surface area contributed by atoms with Crippen LogP contribution >= 0.6 is 15.9 Å². The molecule has 0 aliphatic carbocycles. The van der Waals surface area contributed by atoms with Crippen LogP contribution in [0.15, 0.2) is 76.8 Å². The van der Waals surface area contributed by atoms with E-state index in [9.17, 15) is 24.8 Å². The van der Waals surface area contributed by atoms with E-state index in [1.165, 1.54) is 37.3 Å². The number of carbonyl (C=O) groups is 2. The maximum Gasteiger partial charge on any atom is 0.295 e. The zero-order valence-corrected chi connectivity index (χ0v) is 21.6. The average Bonchev–Trinajstić information content (AvgIpc) is 3.16. The third-order valence-electron chi connectivity index (χ3n) is 6.14. The molecule has 0 radical (unpaired) electrons. The lowest BCUT2D eigenvalue weighted by atomic mass is 9.95. The number of hydrogen-bond acceptors (Lipinski definition) is 7. The average molecular weight is 567 g/mol. The largest absolute Gasteiger partial charge is 0.507 e. The van der Waals surface area contributed by atoms with Gasteiger partial charge in [0.1, 0.15) is 5.76 Å². The second-order valence-electron chi connectivity index (χ2n) is 8.29. The quantitative estimate of drug-likeness (QED) is 0.133. The Labute approximate surface area is 221 Å². The number of carbonyl (C=O) groups excluding carboxylic acids is 2. The molecule has 1 unspecified atom stereocenters. The molecule has 1 amide bonds. The molecular weight excluding hydrogens is 544 g/mol. The summed E-state index contributed by atoms with van der Waals surface area (Å²) < 4.78 is 11.4. The molecule has 37 heavy (non-hydrogen) atoms. The van der Waals surface area contributed by atoms with Crippen LogP contribution in [-0.2, 0) is 16.0 Å². The standard InChI is InChI=1S/C27H23BrN2O7/c1-36-21-11-6-16(14-22(21)37-2)12-13-29-24(18-4-3-5-20(15-18)30(34)35)23(26(32)27(29)33)25(31)17-7-9-19(28)10-8-17/h3-11,14-15,24,31H,12-13H2,1-2H3/b25-23-. The normalized spacial score (nSPS) is 16.6. The lowest BCUT2D eigenvalue weighted by molar-refractivity contribution is -0.384. The zero-order valence-electron chi connectivity index (χ0n) is 20.0. The number of ether oxygens (including phenoxy) is 2. The van der Waals surface area contributed by atoms with Gasteiger partial charge < -0.3 is 19.5 Å². The minimum absolute atomic E-state index is 0.116. The van der Waals surface area contributed by atoms with Crippen LogP contribution in [0.3, 0.4) is 0 Å². The highest BCUT2D eigenvalue weighted by Gasteiger charge is 2.46. The van der Waals surface area contributed by atoms with E-state index in [1.54, 1.807) is 42.5 Å². The number of nitro benzene ring substituents is 1. The van der Waals surface area contributed by atoms with E-state index in [0.717, 1.165) is 10.0 Å². The molecule has 10 heteroatoms. The number of rotatable bonds is 8. The van der Waals surface area contributed by atoms with Crippen molar-refractivity contribution in [1.82, 2.24) is 4.90 Å². The number of methoxy groups -OCH3 is 2. The van der Waals surface area contributed by atoms with Crippen LogP contribution in [0, 0.1) is 10.1 Å². The summed E-state index contributed by atoms with van der Waals surface area (Å²) in [5.74, 6) is -0.929. The van der Waals surface area contributed by atoms with Crippen LogP contribution < -0.4 is 9.47 Å². The minimum Gasteiger partial charge on any atom is -0.507 e. The Kier molecular flexibility index (Phi) is 7.58. The van der Waals surface area contributed by atoms with Crippen molar-refractivity contribution in [2.45, 2.75) is 12.5 Å². The van der Waals surface area contributed by atoms with E-state index >= 15 is 0 Å². The molecule has 1 aliphatic rings. The highest BCUT2D eigenvalue weighted by Crippen LogP contribution is 2.40. The number of amides is 1. The highest BCUT2D eigenvalue weighted by molar-refractivity contribution is 9.10. The van der Waals surface area contributed by atoms with Crippen LogP contribution in [-0.4, -0.2) is 47.4 Å². The SMILES string of the molecule is COc1ccc(CCN2C(=O)C(=O)/C(=C(\O)c3ccc(Br)cc3)C2c2cccc([N+](=O)[O-])c2)cc1OC. The molecule has 1 atom stereocenters. The number of non-ortho nitro benzene ring substituents is 1. The van der Waals surface area contributed by atoms with Crippen molar-refractivity contribution in [1.29, 1.82) is 0 Å². The number of ketones is 1. The Morgan fingerprint density at radius 2 is 1.73 bits per heavy atom. The minimum atomic E-state index is -1.01. The Morgan fingerprint density at radius 3 is 2.38 bits per heavy atom. The van der Waals surface area contributed by atoms with E-state index in [4.69, 9.17) is 9.47 Å². The molecule has 0 spiro atoms. The van der Waals surface area contributed by atoms with Crippen molar-refractivity contribution < 1.29 is 29.1 Å². The topological polar surface area (TPSA) is 119 Å². The fourth-order valence-electron chi connectivity index (χ4n) is 4.31. The number of hydrogen-bond donors (Lipinski definition) is 1. The monoisotopic (exact) mass is 566 g/mol. The molecule has 1 aliphatic heterocycles. The highest BCUT2D eigenvalue weighted by atomic mass is 79.9. The Morgan fingerprint density at radius 1 is 1.03 bits per heavy atom. The Bertz CT molecular complexity index is 1400. The van der Waals surface area contributed by atoms with Gasteiger partial charge in [-0.25, -0.2) is 0 Å². The summed E-state index contributed by atoms with van der Waals surface area (Å²) in [5, 5.41) is 22.6. The van der Waals surface area contributed by atoms with Crippen molar-refractivity contribution in [2.75, 3.05) is 20.8 Å². The number of nitro groups is 1. The summed E-state index contributed by atoms with van der Waals surface area (Å²) in [7, 11) is 3.05. The molecule has 1 N–H and O–H groups in total. The van der Waals surface area contributed by atoms with Crippen molar-refractivity contribution in [2.24, 2.45) is 0 Å². The number of halogens is 1. The molecule has 3 aromatic rings. The van der Waals surface area contributed by atoms with E-state index in [1.807, 2.05) is 6.07 Å². The molecule has 1 heterocycles. The first-order chi connectivity index (χ1) is 17.7.